The van der Waals surface area contributed by atoms with Crippen LogP contribution in [0.15, 0.2) is 54.6 Å². The summed E-state index contributed by atoms with van der Waals surface area (Å²) in [4.78, 5) is 10.3. The van der Waals surface area contributed by atoms with E-state index in [2.05, 4.69) is 0 Å². The summed E-state index contributed by atoms with van der Waals surface area (Å²) in [6.07, 6.45) is 0. The second-order valence-corrected chi connectivity index (χ2v) is 4.46. The minimum Gasteiger partial charge on any atom is -0.390 e. The van der Waals surface area contributed by atoms with Gasteiger partial charge in [0.2, 0.25) is 0 Å². The lowest BCUT2D eigenvalue weighted by Crippen LogP contribution is -2.00. The predicted molar refractivity (Wildman–Crippen MR) is 75.9 cm³/mol. The van der Waals surface area contributed by atoms with Crippen molar-refractivity contribution in [3.05, 3.63) is 70.4 Å². The molecule has 0 radical (unpaired) electrons. The van der Waals surface area contributed by atoms with E-state index in [9.17, 15) is 15.2 Å². The van der Waals surface area contributed by atoms with Crippen LogP contribution in [0.2, 0.25) is 0 Å². The molecule has 1 aromatic heterocycles. The lowest BCUT2D eigenvalue weighted by molar-refractivity contribution is -0.384. The number of nitro groups is 1. The predicted octanol–water partition coefficient (Wildman–Crippen LogP) is 3.03. The van der Waals surface area contributed by atoms with Crippen LogP contribution in [-0.2, 0) is 6.61 Å². The molecule has 2 aromatic carbocycles. The maximum atomic E-state index is 10.7. The summed E-state index contributed by atoms with van der Waals surface area (Å²) in [5.41, 5.74) is 2.56. The first kappa shape index (κ1) is 12.4. The van der Waals surface area contributed by atoms with Gasteiger partial charge in [0.05, 0.1) is 17.0 Å². The van der Waals surface area contributed by atoms with Crippen LogP contribution in [0.3, 0.4) is 0 Å². The van der Waals surface area contributed by atoms with Crippen LogP contribution in [0.5, 0.6) is 0 Å². The molecular formula is C15H12N2O3. The second kappa shape index (κ2) is 4.79. The first-order valence-corrected chi connectivity index (χ1v) is 6.16. The molecule has 0 spiro atoms. The summed E-state index contributed by atoms with van der Waals surface area (Å²) in [6.45, 7) is -0.0916. The summed E-state index contributed by atoms with van der Waals surface area (Å²) < 4.78 is 1.90. The third kappa shape index (κ3) is 1.94. The Bertz CT molecular complexity index is 775. The van der Waals surface area contributed by atoms with Crippen molar-refractivity contribution in [3.63, 3.8) is 0 Å². The van der Waals surface area contributed by atoms with E-state index >= 15 is 0 Å². The summed E-state index contributed by atoms with van der Waals surface area (Å²) in [5.74, 6) is 0. The number of nitro benzene ring substituents is 1. The molecule has 0 bridgehead atoms. The van der Waals surface area contributed by atoms with Crippen LogP contribution in [-0.4, -0.2) is 14.6 Å². The van der Waals surface area contributed by atoms with E-state index < -0.39 is 4.92 Å². The van der Waals surface area contributed by atoms with Crippen molar-refractivity contribution in [1.29, 1.82) is 0 Å². The lowest BCUT2D eigenvalue weighted by Gasteiger charge is -2.09. The fourth-order valence-corrected chi connectivity index (χ4v) is 2.36. The van der Waals surface area contributed by atoms with Gasteiger partial charge in [-0.05, 0) is 24.3 Å². The highest BCUT2D eigenvalue weighted by molar-refractivity contribution is 5.83. The second-order valence-electron chi connectivity index (χ2n) is 4.46. The van der Waals surface area contributed by atoms with Crippen LogP contribution >= 0.6 is 0 Å². The van der Waals surface area contributed by atoms with Crippen LogP contribution in [0.25, 0.3) is 16.6 Å². The van der Waals surface area contributed by atoms with Gasteiger partial charge in [0.1, 0.15) is 0 Å². The number of hydrogen-bond donors (Lipinski definition) is 1. The number of benzene rings is 2. The zero-order valence-electron chi connectivity index (χ0n) is 10.6. The molecule has 1 N–H and O–H groups in total. The van der Waals surface area contributed by atoms with Crippen LogP contribution < -0.4 is 0 Å². The zero-order valence-corrected chi connectivity index (χ0v) is 10.6. The maximum absolute atomic E-state index is 10.7. The minimum absolute atomic E-state index is 0.0516. The van der Waals surface area contributed by atoms with Gasteiger partial charge in [-0.3, -0.25) is 10.1 Å². The van der Waals surface area contributed by atoms with Crippen molar-refractivity contribution >= 4 is 16.6 Å². The van der Waals surface area contributed by atoms with Gasteiger partial charge in [-0.15, -0.1) is 0 Å². The molecule has 0 atom stereocenters. The Labute approximate surface area is 114 Å². The third-order valence-corrected chi connectivity index (χ3v) is 3.27. The molecule has 20 heavy (non-hydrogen) atoms. The highest BCUT2D eigenvalue weighted by atomic mass is 16.6. The first-order chi connectivity index (χ1) is 9.70. The molecule has 0 unspecified atom stereocenters. The number of aliphatic hydroxyl groups is 1. The summed E-state index contributed by atoms with van der Waals surface area (Å²) in [7, 11) is 0. The SMILES string of the molecule is O=[N+]([O-])c1ccc(-n2c(CO)cc3ccccc32)cc1. The van der Waals surface area contributed by atoms with Crippen molar-refractivity contribution < 1.29 is 10.0 Å². The van der Waals surface area contributed by atoms with Crippen molar-refractivity contribution in [2.24, 2.45) is 0 Å². The maximum Gasteiger partial charge on any atom is 0.269 e. The Balaban J connectivity index is 2.20. The molecule has 3 rings (SSSR count). The number of aliphatic hydroxyl groups excluding tert-OH is 1. The first-order valence-electron chi connectivity index (χ1n) is 6.16. The molecule has 0 aliphatic carbocycles. The normalized spacial score (nSPS) is 10.8. The molecule has 0 fully saturated rings. The van der Waals surface area contributed by atoms with Crippen molar-refractivity contribution in [3.8, 4) is 5.69 Å². The molecule has 3 aromatic rings. The number of para-hydroxylation sites is 1. The molecule has 5 heteroatoms. The van der Waals surface area contributed by atoms with Crippen LogP contribution in [0, 0.1) is 10.1 Å². The Morgan fingerprint density at radius 3 is 2.45 bits per heavy atom. The third-order valence-electron chi connectivity index (χ3n) is 3.27. The average molecular weight is 268 g/mol. The number of fused-ring (bicyclic) bond motifs is 1. The molecule has 5 nitrogen and oxygen atoms in total. The van der Waals surface area contributed by atoms with E-state index in [0.717, 1.165) is 22.3 Å². The van der Waals surface area contributed by atoms with Gasteiger partial charge in [0.15, 0.2) is 0 Å². The van der Waals surface area contributed by atoms with E-state index in [1.165, 1.54) is 12.1 Å². The highest BCUT2D eigenvalue weighted by Crippen LogP contribution is 2.25. The summed E-state index contributed by atoms with van der Waals surface area (Å²) in [5, 5.41) is 21.2. The fraction of sp³-hybridized carbons (Fsp3) is 0.0667. The number of hydrogen-bond acceptors (Lipinski definition) is 3. The number of nitrogens with zero attached hydrogens (tertiary/aromatic N) is 2. The van der Waals surface area contributed by atoms with Gasteiger partial charge in [0.25, 0.3) is 5.69 Å². The van der Waals surface area contributed by atoms with Crippen LogP contribution in [0.4, 0.5) is 5.69 Å². The number of rotatable bonds is 3. The smallest absolute Gasteiger partial charge is 0.269 e. The standard InChI is InChI=1S/C15H12N2O3/c18-10-14-9-11-3-1-2-4-15(11)16(14)12-5-7-13(8-6-12)17(19)20/h1-9,18H,10H2. The molecule has 0 saturated heterocycles. The Morgan fingerprint density at radius 2 is 1.80 bits per heavy atom. The zero-order chi connectivity index (χ0) is 14.1. The van der Waals surface area contributed by atoms with E-state index in [4.69, 9.17) is 0 Å². The van der Waals surface area contributed by atoms with Crippen molar-refractivity contribution in [1.82, 2.24) is 4.57 Å². The molecule has 0 aliphatic heterocycles. The average Bonchev–Trinajstić information content (AvgIpc) is 2.85. The van der Waals surface area contributed by atoms with E-state index in [0.29, 0.717) is 0 Å². The van der Waals surface area contributed by atoms with Gasteiger partial charge >= 0.3 is 0 Å². The van der Waals surface area contributed by atoms with Crippen LogP contribution in [0.1, 0.15) is 5.69 Å². The number of non-ortho nitro benzene ring substituents is 1. The van der Waals surface area contributed by atoms with Gasteiger partial charge in [-0.2, -0.15) is 0 Å². The molecule has 1 heterocycles. The Kier molecular flexibility index (Phi) is 2.96. The van der Waals surface area contributed by atoms with Gasteiger partial charge < -0.3 is 9.67 Å². The molecule has 100 valence electrons. The molecular weight excluding hydrogens is 256 g/mol. The van der Waals surface area contributed by atoms with E-state index in [-0.39, 0.29) is 12.3 Å². The van der Waals surface area contributed by atoms with Gasteiger partial charge in [-0.25, -0.2) is 0 Å². The molecule has 0 aliphatic rings. The monoisotopic (exact) mass is 268 g/mol. The summed E-state index contributed by atoms with van der Waals surface area (Å²) >= 11 is 0. The highest BCUT2D eigenvalue weighted by Gasteiger charge is 2.11. The quantitative estimate of drug-likeness (QED) is 0.586. The largest absolute Gasteiger partial charge is 0.390 e. The van der Waals surface area contributed by atoms with Gasteiger partial charge in [-0.1, -0.05) is 18.2 Å². The Morgan fingerprint density at radius 1 is 1.10 bits per heavy atom. The fourth-order valence-electron chi connectivity index (χ4n) is 2.36. The lowest BCUT2D eigenvalue weighted by atomic mass is 10.2. The molecule has 0 amide bonds. The van der Waals surface area contributed by atoms with E-state index in [1.54, 1.807) is 12.1 Å². The van der Waals surface area contributed by atoms with Gasteiger partial charge in [0, 0.05) is 28.9 Å². The molecule has 0 saturated carbocycles. The summed E-state index contributed by atoms with van der Waals surface area (Å²) in [6, 6.07) is 16.0. The topological polar surface area (TPSA) is 68.3 Å². The minimum atomic E-state index is -0.426. The van der Waals surface area contributed by atoms with E-state index in [1.807, 2.05) is 34.9 Å². The van der Waals surface area contributed by atoms with Crippen molar-refractivity contribution in [2.75, 3.05) is 0 Å². The number of aromatic nitrogens is 1. The Hall–Kier alpha value is -2.66. The van der Waals surface area contributed by atoms with Crippen molar-refractivity contribution in [2.45, 2.75) is 6.61 Å².